The third-order valence-corrected chi connectivity index (χ3v) is 6.88. The second kappa shape index (κ2) is 8.56. The molecule has 0 bridgehead atoms. The minimum absolute atomic E-state index is 0.125. The molecule has 1 fully saturated rings. The van der Waals surface area contributed by atoms with E-state index in [1.165, 1.54) is 0 Å². The molecule has 3 aliphatic rings. The summed E-state index contributed by atoms with van der Waals surface area (Å²) in [6.45, 7) is 3.77. The summed E-state index contributed by atoms with van der Waals surface area (Å²) in [5, 5.41) is 0. The molecular weight excluding hydrogens is 388 g/mol. The molecule has 4 rings (SSSR count). The Morgan fingerprint density at radius 3 is 1.70 bits per heavy atom. The van der Waals surface area contributed by atoms with E-state index in [2.05, 4.69) is 6.92 Å². The van der Waals surface area contributed by atoms with Gasteiger partial charge in [-0.1, -0.05) is 68.3 Å². The van der Waals surface area contributed by atoms with Crippen molar-refractivity contribution >= 4 is 11.1 Å². The first-order chi connectivity index (χ1) is 14.4. The summed E-state index contributed by atoms with van der Waals surface area (Å²) in [4.78, 5) is 0. The quantitative estimate of drug-likeness (QED) is 0.447. The van der Waals surface area contributed by atoms with E-state index in [4.69, 9.17) is 0 Å². The summed E-state index contributed by atoms with van der Waals surface area (Å²) in [7, 11) is 0. The summed E-state index contributed by atoms with van der Waals surface area (Å²) >= 11 is 0. The molecule has 30 heavy (non-hydrogen) atoms. The van der Waals surface area contributed by atoms with Crippen molar-refractivity contribution in [1.29, 1.82) is 0 Å². The van der Waals surface area contributed by atoms with Crippen LogP contribution in [0.25, 0.3) is 11.1 Å². The molecule has 0 spiro atoms. The smallest absolute Gasteiger partial charge is 0.161 e. The van der Waals surface area contributed by atoms with Gasteiger partial charge < -0.3 is 0 Å². The van der Waals surface area contributed by atoms with Crippen molar-refractivity contribution in [2.45, 2.75) is 64.2 Å². The number of halogens is 4. The van der Waals surface area contributed by atoms with Crippen molar-refractivity contribution in [2.24, 2.45) is 11.8 Å². The van der Waals surface area contributed by atoms with Gasteiger partial charge in [-0.3, -0.25) is 0 Å². The topological polar surface area (TPSA) is 0 Å². The molecule has 0 aliphatic heterocycles. The van der Waals surface area contributed by atoms with Gasteiger partial charge in [-0.15, -0.1) is 0 Å². The summed E-state index contributed by atoms with van der Waals surface area (Å²) in [6, 6.07) is 6.62. The molecule has 1 saturated carbocycles. The molecule has 0 nitrogen and oxygen atoms in total. The number of allylic oxidation sites excluding steroid dienone is 8. The van der Waals surface area contributed by atoms with Gasteiger partial charge in [-0.25, -0.2) is 17.6 Å². The summed E-state index contributed by atoms with van der Waals surface area (Å²) < 4.78 is 58.3. The van der Waals surface area contributed by atoms with Crippen molar-refractivity contribution in [2.75, 3.05) is 0 Å². The van der Waals surface area contributed by atoms with Crippen LogP contribution >= 0.6 is 0 Å². The number of alkyl halides is 4. The van der Waals surface area contributed by atoms with Gasteiger partial charge in [0.05, 0.1) is 0 Å². The highest BCUT2D eigenvalue weighted by Crippen LogP contribution is 2.41. The fourth-order valence-electron chi connectivity index (χ4n) is 4.81. The molecule has 4 unspecified atom stereocenters. The Hall–Kier alpha value is -2.10. The lowest BCUT2D eigenvalue weighted by atomic mass is 9.75. The largest absolute Gasteiger partial charge is 0.239 e. The average molecular weight is 417 g/mol. The highest BCUT2D eigenvalue weighted by atomic mass is 19.2. The third kappa shape index (κ3) is 3.93. The zero-order chi connectivity index (χ0) is 21.4. The van der Waals surface area contributed by atoms with Crippen LogP contribution in [0.2, 0.25) is 0 Å². The van der Waals surface area contributed by atoms with Crippen LogP contribution in [-0.2, 0) is 0 Å². The van der Waals surface area contributed by atoms with Crippen LogP contribution in [0.3, 0.4) is 0 Å². The second-order valence-corrected chi connectivity index (χ2v) is 8.96. The van der Waals surface area contributed by atoms with Crippen LogP contribution in [0, 0.1) is 11.8 Å². The highest BCUT2D eigenvalue weighted by molar-refractivity contribution is 5.77. The van der Waals surface area contributed by atoms with Crippen LogP contribution in [0.1, 0.15) is 50.7 Å². The zero-order valence-electron chi connectivity index (χ0n) is 17.4. The van der Waals surface area contributed by atoms with Crippen LogP contribution in [0.4, 0.5) is 17.6 Å². The maximum Gasteiger partial charge on any atom is 0.161 e. The maximum atomic E-state index is 15.0. The van der Waals surface area contributed by atoms with E-state index in [0.29, 0.717) is 33.8 Å². The Bertz CT molecular complexity index is 897. The Morgan fingerprint density at radius 2 is 1.13 bits per heavy atom. The van der Waals surface area contributed by atoms with Crippen molar-refractivity contribution in [3.63, 3.8) is 0 Å². The first kappa shape index (κ1) is 21.1. The highest BCUT2D eigenvalue weighted by Gasteiger charge is 2.36. The molecule has 4 heteroatoms. The van der Waals surface area contributed by atoms with Gasteiger partial charge in [-0.05, 0) is 65.0 Å². The third-order valence-electron chi connectivity index (χ3n) is 6.88. The molecule has 1 aromatic rings. The lowest BCUT2D eigenvalue weighted by Crippen LogP contribution is -2.29. The molecule has 1 aromatic carbocycles. The monoisotopic (exact) mass is 416 g/mol. The lowest BCUT2D eigenvalue weighted by molar-refractivity contribution is 0.209. The van der Waals surface area contributed by atoms with Crippen molar-refractivity contribution in [3.05, 3.63) is 70.8 Å². The fourth-order valence-corrected chi connectivity index (χ4v) is 4.81. The SMILES string of the molecule is CC1=CC=C(c2ccc(C3=CC=C(C4CCC(C)CC4)C(F)C3F)cc2)C(F)C1F. The molecule has 3 aliphatic carbocycles. The van der Waals surface area contributed by atoms with Crippen LogP contribution in [0.5, 0.6) is 0 Å². The number of benzene rings is 1. The number of rotatable bonds is 3. The fraction of sp³-hybridized carbons (Fsp3) is 0.462. The Kier molecular flexibility index (Phi) is 6.04. The van der Waals surface area contributed by atoms with Gasteiger partial charge in [0.25, 0.3) is 0 Å². The van der Waals surface area contributed by atoms with E-state index in [9.17, 15) is 13.2 Å². The molecule has 4 atom stereocenters. The van der Waals surface area contributed by atoms with Crippen LogP contribution in [-0.4, -0.2) is 24.7 Å². The maximum absolute atomic E-state index is 15.0. The molecule has 0 heterocycles. The second-order valence-electron chi connectivity index (χ2n) is 8.96. The number of hydrogen-bond donors (Lipinski definition) is 0. The van der Waals surface area contributed by atoms with Crippen LogP contribution < -0.4 is 0 Å². The van der Waals surface area contributed by atoms with Crippen molar-refractivity contribution in [1.82, 2.24) is 0 Å². The minimum Gasteiger partial charge on any atom is -0.239 e. The predicted octanol–water partition coefficient (Wildman–Crippen LogP) is 7.53. The van der Waals surface area contributed by atoms with Gasteiger partial charge in [-0.2, -0.15) is 0 Å². The van der Waals surface area contributed by atoms with E-state index in [-0.39, 0.29) is 11.5 Å². The summed E-state index contributed by atoms with van der Waals surface area (Å²) in [6.07, 6.45) is 3.85. The number of hydrogen-bond acceptors (Lipinski definition) is 0. The molecule has 0 radical (unpaired) electrons. The van der Waals surface area contributed by atoms with Crippen molar-refractivity contribution < 1.29 is 17.6 Å². The molecule has 0 N–H and O–H groups in total. The average Bonchev–Trinajstić information content (AvgIpc) is 2.75. The van der Waals surface area contributed by atoms with Gasteiger partial charge >= 0.3 is 0 Å². The van der Waals surface area contributed by atoms with Gasteiger partial charge in [0, 0.05) is 0 Å². The standard InChI is InChI=1S/C26H28F4/c1-15-3-6-17(7-4-15)21-13-14-22(26(30)25(21)29)19-10-8-18(9-11-19)20-12-5-16(2)23(27)24(20)28/h5,8-15,17,23-26H,3-4,6-7H2,1-2H3. The van der Waals surface area contributed by atoms with E-state index < -0.39 is 24.7 Å². The van der Waals surface area contributed by atoms with E-state index >= 15 is 4.39 Å². The van der Waals surface area contributed by atoms with Crippen LogP contribution in [0.15, 0.2) is 59.7 Å². The minimum atomic E-state index is -1.72. The van der Waals surface area contributed by atoms with E-state index in [1.807, 2.05) is 0 Å². The lowest BCUT2D eigenvalue weighted by Gasteiger charge is -2.33. The Morgan fingerprint density at radius 1 is 0.633 bits per heavy atom. The summed E-state index contributed by atoms with van der Waals surface area (Å²) in [5.41, 5.74) is 2.63. The molecule has 0 saturated heterocycles. The van der Waals surface area contributed by atoms with Gasteiger partial charge in [0.2, 0.25) is 0 Å². The first-order valence-electron chi connectivity index (χ1n) is 10.8. The zero-order valence-corrected chi connectivity index (χ0v) is 17.4. The van der Waals surface area contributed by atoms with E-state index in [0.717, 1.165) is 25.7 Å². The predicted molar refractivity (Wildman–Crippen MR) is 115 cm³/mol. The first-order valence-corrected chi connectivity index (χ1v) is 10.8. The summed E-state index contributed by atoms with van der Waals surface area (Å²) in [5.74, 6) is 0.782. The van der Waals surface area contributed by atoms with Gasteiger partial charge in [0.1, 0.15) is 0 Å². The van der Waals surface area contributed by atoms with Crippen molar-refractivity contribution in [3.8, 4) is 0 Å². The Balaban J connectivity index is 1.56. The molecular formula is C26H28F4. The normalized spacial score (nSPS) is 34.6. The molecule has 0 aromatic heterocycles. The van der Waals surface area contributed by atoms with Gasteiger partial charge in [0.15, 0.2) is 24.7 Å². The van der Waals surface area contributed by atoms with E-state index in [1.54, 1.807) is 55.5 Å². The Labute approximate surface area is 176 Å². The molecule has 0 amide bonds. The molecule has 160 valence electrons.